The minimum atomic E-state index is -1.24. The maximum absolute atomic E-state index is 9.90. The van der Waals surface area contributed by atoms with Gasteiger partial charge in [-0.15, -0.1) is 0 Å². The molecule has 0 amide bonds. The first-order valence-electron chi connectivity index (χ1n) is 4.76. The van der Waals surface area contributed by atoms with Gasteiger partial charge in [-0.2, -0.15) is 0 Å². The van der Waals surface area contributed by atoms with Crippen molar-refractivity contribution in [1.82, 2.24) is 4.90 Å². The molecule has 0 aliphatic carbocycles. The lowest BCUT2D eigenvalue weighted by Gasteiger charge is -2.01. The van der Waals surface area contributed by atoms with Crippen LogP contribution in [0.3, 0.4) is 0 Å². The van der Waals surface area contributed by atoms with Crippen LogP contribution in [-0.2, 0) is 9.59 Å². The van der Waals surface area contributed by atoms with Crippen molar-refractivity contribution in [2.45, 2.75) is 19.8 Å². The smallest absolute Gasteiger partial charge is 0.331 e. The van der Waals surface area contributed by atoms with Crippen LogP contribution in [0.4, 0.5) is 0 Å². The van der Waals surface area contributed by atoms with E-state index in [4.69, 9.17) is 10.2 Å². The van der Waals surface area contributed by atoms with E-state index in [-0.39, 0.29) is 5.57 Å². The lowest BCUT2D eigenvalue weighted by Crippen LogP contribution is -2.10. The molecule has 1 aliphatic heterocycles. The van der Waals surface area contributed by atoms with Crippen LogP contribution in [0.1, 0.15) is 19.8 Å². The van der Waals surface area contributed by atoms with Gasteiger partial charge in [0, 0.05) is 11.6 Å². The second-order valence-electron chi connectivity index (χ2n) is 3.48. The molecule has 0 aromatic carbocycles. The van der Waals surface area contributed by atoms with Crippen molar-refractivity contribution < 1.29 is 19.8 Å². The summed E-state index contributed by atoms with van der Waals surface area (Å²) in [7, 11) is 2.17. The minimum Gasteiger partial charge on any atom is -0.478 e. The van der Waals surface area contributed by atoms with E-state index in [0.717, 1.165) is 0 Å². The summed E-state index contributed by atoms with van der Waals surface area (Å²) in [5.41, 5.74) is -0.178. The van der Waals surface area contributed by atoms with Gasteiger partial charge in [0.25, 0.3) is 0 Å². The topological polar surface area (TPSA) is 77.8 Å². The number of rotatable bonds is 2. The molecule has 0 unspecified atom stereocenters. The molecule has 0 bridgehead atoms. The third-order valence-electron chi connectivity index (χ3n) is 2.01. The van der Waals surface area contributed by atoms with Gasteiger partial charge in [0.05, 0.1) is 0 Å². The highest BCUT2D eigenvalue weighted by Gasteiger charge is 2.03. The highest BCUT2D eigenvalue weighted by Crippen LogP contribution is 2.02. The first-order chi connectivity index (χ1) is 6.93. The van der Waals surface area contributed by atoms with Crippen molar-refractivity contribution in [2.75, 3.05) is 20.1 Å². The zero-order chi connectivity index (χ0) is 11.8. The van der Waals surface area contributed by atoms with Gasteiger partial charge in [0.1, 0.15) is 0 Å². The Morgan fingerprint density at radius 2 is 1.67 bits per heavy atom. The molecule has 5 heteroatoms. The molecule has 0 aromatic rings. The Bertz CT molecular complexity index is 254. The fraction of sp³-hybridized carbons (Fsp3) is 0.600. The van der Waals surface area contributed by atoms with Crippen molar-refractivity contribution in [3.63, 3.8) is 0 Å². The van der Waals surface area contributed by atoms with Crippen molar-refractivity contribution in [2.24, 2.45) is 0 Å². The summed E-state index contributed by atoms with van der Waals surface area (Å²) in [6.07, 6.45) is 3.47. The zero-order valence-corrected chi connectivity index (χ0v) is 9.06. The van der Waals surface area contributed by atoms with E-state index < -0.39 is 11.9 Å². The molecule has 15 heavy (non-hydrogen) atoms. The second-order valence-corrected chi connectivity index (χ2v) is 3.48. The van der Waals surface area contributed by atoms with Crippen LogP contribution in [0.15, 0.2) is 11.6 Å². The molecule has 0 aromatic heterocycles. The van der Waals surface area contributed by atoms with Gasteiger partial charge in [0.15, 0.2) is 0 Å². The number of carboxylic acid groups (broad SMARTS) is 2. The summed E-state index contributed by atoms with van der Waals surface area (Å²) in [6, 6.07) is 0. The van der Waals surface area contributed by atoms with Gasteiger partial charge < -0.3 is 15.1 Å². The highest BCUT2D eigenvalue weighted by molar-refractivity contribution is 5.93. The van der Waals surface area contributed by atoms with Gasteiger partial charge in [-0.05, 0) is 39.9 Å². The molecule has 0 saturated carbocycles. The number of aliphatic carboxylic acids is 2. The molecule has 5 nitrogen and oxygen atoms in total. The third kappa shape index (κ3) is 7.69. The van der Waals surface area contributed by atoms with E-state index in [2.05, 4.69) is 11.9 Å². The number of nitrogens with zero attached hydrogens (tertiary/aromatic N) is 1. The van der Waals surface area contributed by atoms with Crippen LogP contribution in [0.5, 0.6) is 0 Å². The monoisotopic (exact) mass is 215 g/mol. The first kappa shape index (κ1) is 13.6. The van der Waals surface area contributed by atoms with E-state index in [1.54, 1.807) is 0 Å². The van der Waals surface area contributed by atoms with Crippen molar-refractivity contribution >= 4 is 11.9 Å². The Hall–Kier alpha value is -1.36. The van der Waals surface area contributed by atoms with E-state index in [1.807, 2.05) is 0 Å². The fourth-order valence-corrected chi connectivity index (χ4v) is 1.12. The van der Waals surface area contributed by atoms with Crippen molar-refractivity contribution in [1.29, 1.82) is 0 Å². The quantitative estimate of drug-likeness (QED) is 0.666. The summed E-state index contributed by atoms with van der Waals surface area (Å²) in [4.78, 5) is 22.0. The Kier molecular flexibility index (Phi) is 6.37. The van der Waals surface area contributed by atoms with E-state index in [9.17, 15) is 9.59 Å². The van der Waals surface area contributed by atoms with Gasteiger partial charge in [-0.25, -0.2) is 9.59 Å². The molecule has 0 atom stereocenters. The fourth-order valence-electron chi connectivity index (χ4n) is 1.12. The summed E-state index contributed by atoms with van der Waals surface area (Å²) < 4.78 is 0. The summed E-state index contributed by atoms with van der Waals surface area (Å²) >= 11 is 0. The lowest BCUT2D eigenvalue weighted by atomic mass is 10.3. The Morgan fingerprint density at radius 1 is 1.20 bits per heavy atom. The van der Waals surface area contributed by atoms with Crippen LogP contribution < -0.4 is 0 Å². The lowest BCUT2D eigenvalue weighted by molar-refractivity contribution is -0.135. The molecule has 1 saturated heterocycles. The molecule has 0 radical (unpaired) electrons. The zero-order valence-electron chi connectivity index (χ0n) is 9.06. The molecular formula is C10H17NO4. The van der Waals surface area contributed by atoms with E-state index in [0.29, 0.717) is 6.08 Å². The van der Waals surface area contributed by atoms with Gasteiger partial charge in [-0.1, -0.05) is 0 Å². The van der Waals surface area contributed by atoms with Crippen LogP contribution in [0.2, 0.25) is 0 Å². The van der Waals surface area contributed by atoms with Crippen molar-refractivity contribution in [3.8, 4) is 0 Å². The predicted octanol–water partition coefficient (Wildman–Crippen LogP) is 0.814. The Morgan fingerprint density at radius 3 is 1.80 bits per heavy atom. The average molecular weight is 215 g/mol. The van der Waals surface area contributed by atoms with Crippen molar-refractivity contribution in [3.05, 3.63) is 11.6 Å². The Balaban J connectivity index is 0.000000280. The van der Waals surface area contributed by atoms with Crippen LogP contribution in [0, 0.1) is 0 Å². The molecule has 2 N–H and O–H groups in total. The largest absolute Gasteiger partial charge is 0.478 e. The summed E-state index contributed by atoms with van der Waals surface area (Å²) in [5.74, 6) is -2.45. The maximum Gasteiger partial charge on any atom is 0.331 e. The minimum absolute atomic E-state index is 0.178. The molecule has 1 rings (SSSR count). The molecule has 1 aliphatic rings. The Labute approximate surface area is 89.0 Å². The number of likely N-dealkylation sites (tertiary alicyclic amines) is 1. The highest BCUT2D eigenvalue weighted by atomic mass is 16.4. The predicted molar refractivity (Wildman–Crippen MR) is 55.8 cm³/mol. The average Bonchev–Trinajstić information content (AvgIpc) is 2.55. The summed E-state index contributed by atoms with van der Waals surface area (Å²) in [5, 5.41) is 16.1. The van der Waals surface area contributed by atoms with Crippen LogP contribution >= 0.6 is 0 Å². The van der Waals surface area contributed by atoms with Gasteiger partial charge >= 0.3 is 11.9 Å². The number of carbonyl (C=O) groups is 2. The van der Waals surface area contributed by atoms with E-state index in [1.165, 1.54) is 32.9 Å². The standard InChI is InChI=1S/C5H11N.C5H6O4/c1-6-4-2-3-5-6;1-3(5(8)9)2-4(6)7/h2-5H2,1H3;2H,1H3,(H,6,7)(H,8,9)/b;3-2-. The van der Waals surface area contributed by atoms with Crippen LogP contribution in [-0.4, -0.2) is 47.2 Å². The molecule has 86 valence electrons. The molecular weight excluding hydrogens is 198 g/mol. The molecule has 1 heterocycles. The number of hydrogen-bond acceptors (Lipinski definition) is 3. The van der Waals surface area contributed by atoms with Gasteiger partial charge in [-0.3, -0.25) is 0 Å². The molecule has 1 fully saturated rings. The number of carboxylic acids is 2. The third-order valence-corrected chi connectivity index (χ3v) is 2.01. The second kappa shape index (κ2) is 7.00. The van der Waals surface area contributed by atoms with E-state index >= 15 is 0 Å². The first-order valence-corrected chi connectivity index (χ1v) is 4.76. The van der Waals surface area contributed by atoms with Crippen LogP contribution in [0.25, 0.3) is 0 Å². The normalized spacial score (nSPS) is 16.8. The molecule has 0 spiro atoms. The SMILES string of the molecule is C/C(=C/C(=O)O)C(=O)O.CN1CCCC1. The number of hydrogen-bond donors (Lipinski definition) is 2. The van der Waals surface area contributed by atoms with Gasteiger partial charge in [0.2, 0.25) is 0 Å². The summed E-state index contributed by atoms with van der Waals surface area (Å²) in [6.45, 7) is 3.86. The maximum atomic E-state index is 9.90.